The minimum absolute atomic E-state index is 0.873. The van der Waals surface area contributed by atoms with Crippen LogP contribution in [-0.2, 0) is 0 Å². The largest absolute Gasteiger partial charge is 0.386 e. The lowest BCUT2D eigenvalue weighted by Crippen LogP contribution is -1.92. The summed E-state index contributed by atoms with van der Waals surface area (Å²) in [6.07, 6.45) is 1.81. The Kier molecular flexibility index (Phi) is 2.85. The van der Waals surface area contributed by atoms with Gasteiger partial charge < -0.3 is 5.32 Å². The summed E-state index contributed by atoms with van der Waals surface area (Å²) < 4.78 is 0. The summed E-state index contributed by atoms with van der Waals surface area (Å²) in [4.78, 5) is 3.95. The quantitative estimate of drug-likeness (QED) is 0.700. The molecule has 0 radical (unpaired) electrons. The van der Waals surface area contributed by atoms with Gasteiger partial charge >= 0.3 is 0 Å². The van der Waals surface area contributed by atoms with Gasteiger partial charge in [0.1, 0.15) is 0 Å². The van der Waals surface area contributed by atoms with Crippen molar-refractivity contribution in [3.8, 4) is 0 Å². The van der Waals surface area contributed by atoms with Crippen LogP contribution in [0.4, 0.5) is 11.4 Å². The molecule has 0 aliphatic rings. The van der Waals surface area contributed by atoms with Crippen LogP contribution in [0.25, 0.3) is 6.08 Å². The van der Waals surface area contributed by atoms with Crippen molar-refractivity contribution < 1.29 is 0 Å². The van der Waals surface area contributed by atoms with E-state index in [-0.39, 0.29) is 0 Å². The summed E-state index contributed by atoms with van der Waals surface area (Å²) in [5.74, 6) is 0. The monoisotopic (exact) mass is 174 g/mol. The third-order valence-electron chi connectivity index (χ3n) is 1.99. The van der Waals surface area contributed by atoms with Gasteiger partial charge in [0.05, 0.1) is 11.4 Å². The highest BCUT2D eigenvalue weighted by molar-refractivity contribution is 5.74. The van der Waals surface area contributed by atoms with E-state index in [4.69, 9.17) is 0 Å². The molecule has 13 heavy (non-hydrogen) atoms. The fraction of sp³-hybridized carbons (Fsp3) is 0.182. The van der Waals surface area contributed by atoms with Crippen molar-refractivity contribution in [2.75, 3.05) is 12.4 Å². The van der Waals surface area contributed by atoms with Crippen LogP contribution < -0.4 is 5.32 Å². The number of nitrogens with zero attached hydrogens (tertiary/aromatic N) is 1. The first kappa shape index (κ1) is 9.52. The summed E-state index contributed by atoms with van der Waals surface area (Å²) in [5, 5.41) is 3.10. The first-order valence-electron chi connectivity index (χ1n) is 4.14. The Bertz CT molecular complexity index is 340. The molecule has 1 N–H and O–H groups in total. The van der Waals surface area contributed by atoms with Gasteiger partial charge in [-0.3, -0.25) is 4.99 Å². The molecule has 1 aromatic carbocycles. The third-order valence-corrected chi connectivity index (χ3v) is 1.99. The molecule has 0 saturated carbocycles. The van der Waals surface area contributed by atoms with Crippen LogP contribution in [0.3, 0.4) is 0 Å². The summed E-state index contributed by atoms with van der Waals surface area (Å²) >= 11 is 0. The van der Waals surface area contributed by atoms with Crippen molar-refractivity contribution in [1.29, 1.82) is 0 Å². The number of rotatable bonds is 3. The van der Waals surface area contributed by atoms with Crippen LogP contribution in [0.5, 0.6) is 0 Å². The van der Waals surface area contributed by atoms with E-state index in [1.165, 1.54) is 0 Å². The molecule has 0 unspecified atom stereocenters. The minimum Gasteiger partial charge on any atom is -0.386 e. The Morgan fingerprint density at radius 3 is 2.62 bits per heavy atom. The van der Waals surface area contributed by atoms with Crippen molar-refractivity contribution in [2.45, 2.75) is 6.92 Å². The molecule has 0 fully saturated rings. The maximum Gasteiger partial charge on any atom is 0.0862 e. The number of aryl methyl sites for hydroxylation is 1. The zero-order chi connectivity index (χ0) is 9.84. The van der Waals surface area contributed by atoms with Gasteiger partial charge in [0.15, 0.2) is 0 Å². The number of hydrogen-bond donors (Lipinski definition) is 1. The summed E-state index contributed by atoms with van der Waals surface area (Å²) in [6.45, 7) is 9.29. The molecule has 0 atom stereocenters. The van der Waals surface area contributed by atoms with Crippen LogP contribution in [-0.4, -0.2) is 13.8 Å². The topological polar surface area (TPSA) is 24.4 Å². The maximum absolute atomic E-state index is 3.95. The lowest BCUT2D eigenvalue weighted by molar-refractivity contribution is 1.37. The number of nitrogens with one attached hydrogen (secondary N) is 1. The zero-order valence-corrected chi connectivity index (χ0v) is 8.09. The van der Waals surface area contributed by atoms with Crippen LogP contribution in [0.2, 0.25) is 0 Å². The van der Waals surface area contributed by atoms with Gasteiger partial charge in [-0.1, -0.05) is 12.7 Å². The number of anilines is 1. The van der Waals surface area contributed by atoms with Crippen molar-refractivity contribution in [2.24, 2.45) is 4.99 Å². The van der Waals surface area contributed by atoms with Crippen molar-refractivity contribution in [3.05, 3.63) is 29.8 Å². The molecule has 0 aliphatic carbocycles. The maximum atomic E-state index is 3.95. The van der Waals surface area contributed by atoms with E-state index in [2.05, 4.69) is 29.7 Å². The summed E-state index contributed by atoms with van der Waals surface area (Å²) in [7, 11) is 1.88. The molecule has 0 spiro atoms. The Morgan fingerprint density at radius 2 is 2.15 bits per heavy atom. The molecule has 0 bridgehead atoms. The third kappa shape index (κ3) is 1.78. The normalized spacial score (nSPS) is 9.38. The van der Waals surface area contributed by atoms with E-state index in [9.17, 15) is 0 Å². The summed E-state index contributed by atoms with van der Waals surface area (Å²) in [6, 6.07) is 4.02. The molecule has 0 amide bonds. The van der Waals surface area contributed by atoms with Crippen LogP contribution >= 0.6 is 0 Å². The molecule has 1 aromatic rings. The zero-order valence-electron chi connectivity index (χ0n) is 8.09. The molecule has 1 rings (SSSR count). The first-order valence-corrected chi connectivity index (χ1v) is 4.14. The number of hydrogen-bond acceptors (Lipinski definition) is 2. The van der Waals surface area contributed by atoms with Crippen LogP contribution in [0.1, 0.15) is 11.1 Å². The number of aliphatic imine (C=N–C) groups is 1. The van der Waals surface area contributed by atoms with Crippen molar-refractivity contribution in [3.63, 3.8) is 0 Å². The van der Waals surface area contributed by atoms with Gasteiger partial charge in [-0.2, -0.15) is 0 Å². The Labute approximate surface area is 79.0 Å². The molecule has 2 heteroatoms. The second kappa shape index (κ2) is 3.90. The van der Waals surface area contributed by atoms with Crippen molar-refractivity contribution in [1.82, 2.24) is 0 Å². The molecule has 2 nitrogen and oxygen atoms in total. The highest BCUT2D eigenvalue weighted by atomic mass is 14.9. The smallest absolute Gasteiger partial charge is 0.0862 e. The molecule has 0 aliphatic heterocycles. The molecule has 68 valence electrons. The van der Waals surface area contributed by atoms with Gasteiger partial charge in [-0.25, -0.2) is 0 Å². The Hall–Kier alpha value is -1.57. The van der Waals surface area contributed by atoms with Crippen molar-refractivity contribution >= 4 is 24.2 Å². The lowest BCUT2D eigenvalue weighted by Gasteiger charge is -2.09. The van der Waals surface area contributed by atoms with Gasteiger partial charge in [0, 0.05) is 7.05 Å². The van der Waals surface area contributed by atoms with E-state index >= 15 is 0 Å². The standard InChI is InChI=1S/C11H14N2/c1-5-9-6-8(2)11(13-4)10(7-9)12-3/h5-7,13H,1,3H2,2,4H3. The minimum atomic E-state index is 0.873. The molecule has 0 aromatic heterocycles. The molecule has 0 heterocycles. The highest BCUT2D eigenvalue weighted by Gasteiger charge is 2.03. The van der Waals surface area contributed by atoms with E-state index < -0.39 is 0 Å². The van der Waals surface area contributed by atoms with Crippen LogP contribution in [0, 0.1) is 6.92 Å². The Morgan fingerprint density at radius 1 is 1.46 bits per heavy atom. The lowest BCUT2D eigenvalue weighted by atomic mass is 10.1. The van der Waals surface area contributed by atoms with Crippen LogP contribution in [0.15, 0.2) is 23.7 Å². The second-order valence-electron chi connectivity index (χ2n) is 2.84. The molecular formula is C11H14N2. The fourth-order valence-electron chi connectivity index (χ4n) is 1.36. The fourth-order valence-corrected chi connectivity index (χ4v) is 1.36. The van der Waals surface area contributed by atoms with E-state index in [0.29, 0.717) is 0 Å². The van der Waals surface area contributed by atoms with Gasteiger partial charge in [0.2, 0.25) is 0 Å². The van der Waals surface area contributed by atoms with Gasteiger partial charge in [-0.15, -0.1) is 0 Å². The second-order valence-corrected chi connectivity index (χ2v) is 2.84. The Balaban J connectivity index is 3.36. The predicted molar refractivity (Wildman–Crippen MR) is 60.0 cm³/mol. The average Bonchev–Trinajstić information content (AvgIpc) is 2.16. The summed E-state index contributed by atoms with van der Waals surface area (Å²) in [5.41, 5.74) is 4.12. The number of benzene rings is 1. The predicted octanol–water partition coefficient (Wildman–Crippen LogP) is 3.01. The molecule has 0 saturated heterocycles. The van der Waals surface area contributed by atoms with E-state index in [0.717, 1.165) is 22.5 Å². The van der Waals surface area contributed by atoms with Gasteiger partial charge in [-0.05, 0) is 36.9 Å². The SMILES string of the molecule is C=Cc1cc(C)c(NC)c(N=C)c1. The highest BCUT2D eigenvalue weighted by Crippen LogP contribution is 2.29. The molecular weight excluding hydrogens is 160 g/mol. The first-order chi connectivity index (χ1) is 6.22. The van der Waals surface area contributed by atoms with E-state index in [1.54, 1.807) is 6.08 Å². The average molecular weight is 174 g/mol. The van der Waals surface area contributed by atoms with E-state index in [1.807, 2.05) is 20.0 Å². The van der Waals surface area contributed by atoms with Gasteiger partial charge in [0.25, 0.3) is 0 Å².